The molecule has 0 aliphatic heterocycles. The highest BCUT2D eigenvalue weighted by Crippen LogP contribution is 2.45. The van der Waals surface area contributed by atoms with Crippen molar-refractivity contribution in [2.75, 3.05) is 0 Å². The van der Waals surface area contributed by atoms with E-state index in [9.17, 15) is 0 Å². The summed E-state index contributed by atoms with van der Waals surface area (Å²) in [7, 11) is 0. The molecular weight excluding hydrogens is 158 g/mol. The summed E-state index contributed by atoms with van der Waals surface area (Å²) in [6.07, 6.45) is 2.13. The first kappa shape index (κ1) is 7.14. The smallest absolute Gasteiger partial charge is 0.0456 e. The minimum atomic E-state index is -0.0989. The maximum absolute atomic E-state index is 5.98. The third kappa shape index (κ3) is 1.15. The molecule has 0 radical (unpaired) electrons. The second kappa shape index (κ2) is 2.23. The van der Waals surface area contributed by atoms with Gasteiger partial charge in [-0.2, -0.15) is 0 Å². The van der Waals surface area contributed by atoms with Crippen LogP contribution in [-0.4, -0.2) is 0 Å². The Balaban J connectivity index is 2.45. The lowest BCUT2D eigenvalue weighted by molar-refractivity contribution is 0.740. The summed E-state index contributed by atoms with van der Waals surface area (Å²) in [5.41, 5.74) is 6.98. The van der Waals surface area contributed by atoms with Gasteiger partial charge in [-0.25, -0.2) is 0 Å². The third-order valence-corrected chi connectivity index (χ3v) is 2.53. The van der Waals surface area contributed by atoms with Crippen molar-refractivity contribution in [3.05, 3.63) is 34.9 Å². The summed E-state index contributed by atoms with van der Waals surface area (Å²) in [5, 5.41) is 0.799. The molecule has 1 aromatic rings. The molecule has 0 amide bonds. The summed E-state index contributed by atoms with van der Waals surface area (Å²) < 4.78 is 0. The van der Waals surface area contributed by atoms with Crippen LogP contribution < -0.4 is 5.73 Å². The molecule has 2 rings (SSSR count). The molecule has 11 heavy (non-hydrogen) atoms. The topological polar surface area (TPSA) is 26.0 Å². The van der Waals surface area contributed by atoms with E-state index in [-0.39, 0.29) is 5.54 Å². The normalized spacial score (nSPS) is 19.8. The predicted octanol–water partition coefficient (Wildman–Crippen LogP) is 2.29. The zero-order valence-corrected chi connectivity index (χ0v) is 6.93. The average Bonchev–Trinajstić information content (AvgIpc) is 2.70. The molecule has 1 aromatic carbocycles. The van der Waals surface area contributed by atoms with Gasteiger partial charge in [-0.3, -0.25) is 0 Å². The van der Waals surface area contributed by atoms with Crippen molar-refractivity contribution in [3.63, 3.8) is 0 Å². The fourth-order valence-corrected chi connectivity index (χ4v) is 1.59. The molecule has 2 heteroatoms. The van der Waals surface area contributed by atoms with Gasteiger partial charge in [0, 0.05) is 10.6 Å². The fraction of sp³-hybridized carbons (Fsp3) is 0.333. The van der Waals surface area contributed by atoms with Crippen LogP contribution in [0.4, 0.5) is 0 Å². The highest BCUT2D eigenvalue weighted by Gasteiger charge is 2.41. The summed E-state index contributed by atoms with van der Waals surface area (Å²) in [6, 6.07) is 7.81. The molecule has 58 valence electrons. The number of hydrogen-bond donors (Lipinski definition) is 1. The molecular formula is C9H10ClN. The highest BCUT2D eigenvalue weighted by molar-refractivity contribution is 6.31. The molecule has 1 aliphatic rings. The monoisotopic (exact) mass is 167 g/mol. The zero-order valence-electron chi connectivity index (χ0n) is 6.18. The van der Waals surface area contributed by atoms with Crippen molar-refractivity contribution in [2.24, 2.45) is 5.73 Å². The van der Waals surface area contributed by atoms with Gasteiger partial charge in [-0.1, -0.05) is 29.8 Å². The first-order chi connectivity index (χ1) is 5.22. The van der Waals surface area contributed by atoms with Gasteiger partial charge in [0.1, 0.15) is 0 Å². The van der Waals surface area contributed by atoms with Gasteiger partial charge >= 0.3 is 0 Å². The zero-order chi connectivity index (χ0) is 7.90. The lowest BCUT2D eigenvalue weighted by Crippen LogP contribution is -2.18. The Morgan fingerprint density at radius 2 is 1.91 bits per heavy atom. The molecule has 1 nitrogen and oxygen atoms in total. The third-order valence-electron chi connectivity index (χ3n) is 2.20. The molecule has 0 heterocycles. The van der Waals surface area contributed by atoms with Crippen molar-refractivity contribution in [3.8, 4) is 0 Å². The van der Waals surface area contributed by atoms with Crippen LogP contribution in [0.5, 0.6) is 0 Å². The van der Waals surface area contributed by atoms with E-state index in [0.29, 0.717) is 0 Å². The molecule has 0 spiro atoms. The molecule has 2 N–H and O–H groups in total. The van der Waals surface area contributed by atoms with Gasteiger partial charge in [0.25, 0.3) is 0 Å². The van der Waals surface area contributed by atoms with Crippen LogP contribution >= 0.6 is 11.6 Å². The minimum absolute atomic E-state index is 0.0989. The summed E-state index contributed by atoms with van der Waals surface area (Å²) >= 11 is 5.97. The Morgan fingerprint density at radius 3 is 2.45 bits per heavy atom. The largest absolute Gasteiger partial charge is 0.321 e. The Morgan fingerprint density at radius 1 is 1.27 bits per heavy atom. The van der Waals surface area contributed by atoms with E-state index >= 15 is 0 Å². The van der Waals surface area contributed by atoms with Crippen LogP contribution in [0.25, 0.3) is 0 Å². The van der Waals surface area contributed by atoms with Crippen molar-refractivity contribution >= 4 is 11.6 Å². The van der Waals surface area contributed by atoms with Crippen molar-refractivity contribution in [2.45, 2.75) is 18.4 Å². The highest BCUT2D eigenvalue weighted by atomic mass is 35.5. The molecule has 0 atom stereocenters. The Kier molecular flexibility index (Phi) is 1.44. The van der Waals surface area contributed by atoms with Gasteiger partial charge in [0.2, 0.25) is 0 Å². The lowest BCUT2D eigenvalue weighted by atomic mass is 10.1. The van der Waals surface area contributed by atoms with Crippen LogP contribution in [0, 0.1) is 0 Å². The van der Waals surface area contributed by atoms with Gasteiger partial charge in [-0.15, -0.1) is 0 Å². The van der Waals surface area contributed by atoms with E-state index < -0.39 is 0 Å². The molecule has 0 bridgehead atoms. The maximum Gasteiger partial charge on any atom is 0.0456 e. The van der Waals surface area contributed by atoms with E-state index in [1.807, 2.05) is 24.3 Å². The second-order valence-corrected chi connectivity index (χ2v) is 3.54. The van der Waals surface area contributed by atoms with E-state index in [1.54, 1.807) is 0 Å². The Hall–Kier alpha value is -0.530. The van der Waals surface area contributed by atoms with Crippen LogP contribution in [0.15, 0.2) is 24.3 Å². The molecule has 1 fully saturated rings. The van der Waals surface area contributed by atoms with E-state index in [4.69, 9.17) is 17.3 Å². The average molecular weight is 168 g/mol. The Labute approximate surface area is 71.2 Å². The first-order valence-electron chi connectivity index (χ1n) is 3.76. The van der Waals surface area contributed by atoms with Gasteiger partial charge in [0.15, 0.2) is 0 Å². The quantitative estimate of drug-likeness (QED) is 0.683. The molecule has 0 aromatic heterocycles. The molecule has 0 unspecified atom stereocenters. The van der Waals surface area contributed by atoms with Crippen LogP contribution in [0.3, 0.4) is 0 Å². The molecule has 1 saturated carbocycles. The van der Waals surface area contributed by atoms with Gasteiger partial charge in [0.05, 0.1) is 0 Å². The van der Waals surface area contributed by atoms with Gasteiger partial charge in [-0.05, 0) is 24.5 Å². The maximum atomic E-state index is 5.98. The van der Waals surface area contributed by atoms with E-state index in [0.717, 1.165) is 23.4 Å². The summed E-state index contributed by atoms with van der Waals surface area (Å²) in [6.45, 7) is 0. The number of rotatable bonds is 1. The lowest BCUT2D eigenvalue weighted by Gasteiger charge is -2.09. The van der Waals surface area contributed by atoms with Crippen LogP contribution in [-0.2, 0) is 5.54 Å². The SMILES string of the molecule is NC1(c2ccccc2Cl)CC1. The standard InChI is InChI=1S/C9H10ClN/c10-8-4-2-1-3-7(8)9(11)5-6-9/h1-4H,5-6,11H2. The summed E-state index contributed by atoms with van der Waals surface area (Å²) in [4.78, 5) is 0. The number of benzene rings is 1. The fourth-order valence-electron chi connectivity index (χ4n) is 1.27. The number of halogens is 1. The molecule has 1 aliphatic carbocycles. The van der Waals surface area contributed by atoms with Crippen molar-refractivity contribution in [1.29, 1.82) is 0 Å². The first-order valence-corrected chi connectivity index (χ1v) is 4.14. The van der Waals surface area contributed by atoms with Gasteiger partial charge < -0.3 is 5.73 Å². The number of nitrogens with two attached hydrogens (primary N) is 1. The Bertz CT molecular complexity index is 279. The predicted molar refractivity (Wildman–Crippen MR) is 46.6 cm³/mol. The van der Waals surface area contributed by atoms with Crippen LogP contribution in [0.2, 0.25) is 5.02 Å². The number of hydrogen-bond acceptors (Lipinski definition) is 1. The minimum Gasteiger partial charge on any atom is -0.321 e. The van der Waals surface area contributed by atoms with Crippen molar-refractivity contribution < 1.29 is 0 Å². The molecule has 0 saturated heterocycles. The van der Waals surface area contributed by atoms with E-state index in [2.05, 4.69) is 0 Å². The summed E-state index contributed by atoms with van der Waals surface area (Å²) in [5.74, 6) is 0. The second-order valence-electron chi connectivity index (χ2n) is 3.14. The van der Waals surface area contributed by atoms with E-state index in [1.165, 1.54) is 0 Å². The van der Waals surface area contributed by atoms with Crippen LogP contribution in [0.1, 0.15) is 18.4 Å². The van der Waals surface area contributed by atoms with Crippen molar-refractivity contribution in [1.82, 2.24) is 0 Å².